The number of carbonyl (C=O) groups excluding carboxylic acids is 1. The summed E-state index contributed by atoms with van der Waals surface area (Å²) in [6.07, 6.45) is 1.88. The monoisotopic (exact) mass is 320 g/mol. The zero-order valence-electron chi connectivity index (χ0n) is 14.3. The maximum absolute atomic E-state index is 11.8. The van der Waals surface area contributed by atoms with Gasteiger partial charge >= 0.3 is 6.09 Å². The van der Waals surface area contributed by atoms with E-state index in [4.69, 9.17) is 9.84 Å². The van der Waals surface area contributed by atoms with E-state index in [0.29, 0.717) is 12.5 Å². The number of piperidine rings is 1. The summed E-state index contributed by atoms with van der Waals surface area (Å²) in [6, 6.07) is 8.01. The van der Waals surface area contributed by atoms with Crippen LogP contribution in [0.5, 0.6) is 0 Å². The summed E-state index contributed by atoms with van der Waals surface area (Å²) >= 11 is 0. The van der Waals surface area contributed by atoms with Gasteiger partial charge in [0.05, 0.1) is 6.61 Å². The summed E-state index contributed by atoms with van der Waals surface area (Å²) in [5.41, 5.74) is 1.63. The molecular weight excluding hydrogens is 292 g/mol. The van der Waals surface area contributed by atoms with Gasteiger partial charge in [0.15, 0.2) is 0 Å². The fourth-order valence-electron chi connectivity index (χ4n) is 2.82. The van der Waals surface area contributed by atoms with Crippen LogP contribution < -0.4 is 10.2 Å². The van der Waals surface area contributed by atoms with Gasteiger partial charge in [0.1, 0.15) is 5.60 Å². The van der Waals surface area contributed by atoms with Gasteiger partial charge in [-0.15, -0.1) is 0 Å². The summed E-state index contributed by atoms with van der Waals surface area (Å²) in [5, 5.41) is 12.0. The van der Waals surface area contributed by atoms with Crippen LogP contribution in [0.1, 0.15) is 39.2 Å². The van der Waals surface area contributed by atoms with Crippen molar-refractivity contribution in [1.29, 1.82) is 0 Å². The highest BCUT2D eigenvalue weighted by atomic mass is 16.6. The second kappa shape index (κ2) is 7.68. The Morgan fingerprint density at radius 1 is 1.35 bits per heavy atom. The molecule has 1 amide bonds. The number of hydrogen-bond acceptors (Lipinski definition) is 4. The van der Waals surface area contributed by atoms with Crippen molar-refractivity contribution in [3.63, 3.8) is 0 Å². The van der Waals surface area contributed by atoms with Crippen LogP contribution in [-0.2, 0) is 11.3 Å². The number of anilines is 1. The third-order valence-corrected chi connectivity index (χ3v) is 3.94. The fourth-order valence-corrected chi connectivity index (χ4v) is 2.82. The Morgan fingerprint density at radius 3 is 2.65 bits per heavy atom. The Morgan fingerprint density at radius 2 is 2.04 bits per heavy atom. The molecule has 0 aromatic heterocycles. The minimum atomic E-state index is -0.461. The molecule has 1 heterocycles. The highest BCUT2D eigenvalue weighted by molar-refractivity contribution is 5.67. The predicted molar refractivity (Wildman–Crippen MR) is 91.5 cm³/mol. The topological polar surface area (TPSA) is 61.8 Å². The number of benzene rings is 1. The van der Waals surface area contributed by atoms with E-state index in [-0.39, 0.29) is 12.7 Å². The lowest BCUT2D eigenvalue weighted by Gasteiger charge is -2.34. The molecule has 0 spiro atoms. The summed E-state index contributed by atoms with van der Waals surface area (Å²) in [7, 11) is 0. The van der Waals surface area contributed by atoms with Crippen LogP contribution in [0.3, 0.4) is 0 Å². The van der Waals surface area contributed by atoms with Gasteiger partial charge in [-0.3, -0.25) is 0 Å². The SMILES string of the molecule is CC(C)(C)OC(=O)NCC1CCCN(c2ccc(CO)cc2)C1. The third-order valence-electron chi connectivity index (χ3n) is 3.94. The average Bonchev–Trinajstić information content (AvgIpc) is 2.52. The lowest BCUT2D eigenvalue weighted by atomic mass is 9.97. The Hall–Kier alpha value is -1.75. The number of aliphatic hydroxyl groups is 1. The zero-order valence-corrected chi connectivity index (χ0v) is 14.3. The van der Waals surface area contributed by atoms with Crippen LogP contribution >= 0.6 is 0 Å². The average molecular weight is 320 g/mol. The van der Waals surface area contributed by atoms with Crippen molar-refractivity contribution in [2.45, 2.75) is 45.8 Å². The largest absolute Gasteiger partial charge is 0.444 e. The van der Waals surface area contributed by atoms with Crippen LogP contribution in [0, 0.1) is 5.92 Å². The molecule has 5 heteroatoms. The molecule has 23 heavy (non-hydrogen) atoms. The number of hydrogen-bond donors (Lipinski definition) is 2. The zero-order chi connectivity index (χ0) is 16.9. The second-order valence-corrected chi connectivity index (χ2v) is 7.16. The summed E-state index contributed by atoms with van der Waals surface area (Å²) in [5.74, 6) is 0.425. The van der Waals surface area contributed by atoms with E-state index in [2.05, 4.69) is 22.3 Å². The molecule has 1 saturated heterocycles. The van der Waals surface area contributed by atoms with Crippen molar-refractivity contribution in [1.82, 2.24) is 5.32 Å². The van der Waals surface area contributed by atoms with Crippen molar-refractivity contribution in [2.24, 2.45) is 5.92 Å². The molecule has 1 aliphatic heterocycles. The molecule has 1 aliphatic rings. The van der Waals surface area contributed by atoms with Crippen molar-refractivity contribution >= 4 is 11.8 Å². The normalized spacial score (nSPS) is 18.6. The standard InChI is InChI=1S/C18H28N2O3/c1-18(2,3)23-17(22)19-11-15-5-4-10-20(12-15)16-8-6-14(13-21)7-9-16/h6-9,15,21H,4-5,10-13H2,1-3H3,(H,19,22). The molecule has 1 fully saturated rings. The van der Waals surface area contributed by atoms with Crippen LogP contribution in [0.15, 0.2) is 24.3 Å². The third kappa shape index (κ3) is 5.75. The lowest BCUT2D eigenvalue weighted by Crippen LogP contribution is -2.42. The van der Waals surface area contributed by atoms with Gasteiger partial charge in [-0.2, -0.15) is 0 Å². The molecule has 2 rings (SSSR count). The minimum absolute atomic E-state index is 0.0721. The molecule has 0 saturated carbocycles. The summed E-state index contributed by atoms with van der Waals surface area (Å²) < 4.78 is 5.28. The van der Waals surface area contributed by atoms with Crippen molar-refractivity contribution in [3.05, 3.63) is 29.8 Å². The highest BCUT2D eigenvalue weighted by Gasteiger charge is 2.22. The number of alkyl carbamates (subject to hydrolysis) is 1. The van der Waals surface area contributed by atoms with E-state index in [9.17, 15) is 4.79 Å². The number of aliphatic hydroxyl groups excluding tert-OH is 1. The predicted octanol–water partition coefficient (Wildman–Crippen LogP) is 2.92. The maximum Gasteiger partial charge on any atom is 0.407 e. The number of ether oxygens (including phenoxy) is 1. The number of rotatable bonds is 4. The molecule has 0 aliphatic carbocycles. The Balaban J connectivity index is 1.84. The molecule has 0 radical (unpaired) electrons. The lowest BCUT2D eigenvalue weighted by molar-refractivity contribution is 0.0517. The van der Waals surface area contributed by atoms with Gasteiger partial charge in [-0.05, 0) is 57.2 Å². The molecule has 0 bridgehead atoms. The van der Waals surface area contributed by atoms with Gasteiger partial charge < -0.3 is 20.1 Å². The first kappa shape index (κ1) is 17.6. The number of nitrogens with zero attached hydrogens (tertiary/aromatic N) is 1. The smallest absolute Gasteiger partial charge is 0.407 e. The Kier molecular flexibility index (Phi) is 5.88. The van der Waals surface area contributed by atoms with E-state index >= 15 is 0 Å². The maximum atomic E-state index is 11.8. The Labute approximate surface area is 138 Å². The van der Waals surface area contributed by atoms with Gasteiger partial charge in [-0.25, -0.2) is 4.79 Å². The first-order valence-corrected chi connectivity index (χ1v) is 8.29. The van der Waals surface area contributed by atoms with Crippen LogP contribution in [-0.4, -0.2) is 36.4 Å². The van der Waals surface area contributed by atoms with Gasteiger partial charge in [0, 0.05) is 25.3 Å². The van der Waals surface area contributed by atoms with E-state index in [1.165, 1.54) is 5.69 Å². The van der Waals surface area contributed by atoms with E-state index in [1.54, 1.807) is 0 Å². The van der Waals surface area contributed by atoms with Crippen LogP contribution in [0.2, 0.25) is 0 Å². The molecule has 2 N–H and O–H groups in total. The first-order valence-electron chi connectivity index (χ1n) is 8.29. The van der Waals surface area contributed by atoms with Crippen LogP contribution in [0.25, 0.3) is 0 Å². The van der Waals surface area contributed by atoms with Gasteiger partial charge in [-0.1, -0.05) is 12.1 Å². The van der Waals surface area contributed by atoms with E-state index in [1.807, 2.05) is 32.9 Å². The molecule has 128 valence electrons. The van der Waals surface area contributed by atoms with E-state index < -0.39 is 5.60 Å². The van der Waals surface area contributed by atoms with E-state index in [0.717, 1.165) is 31.5 Å². The summed E-state index contributed by atoms with van der Waals surface area (Å²) in [6.45, 7) is 8.26. The number of amides is 1. The number of nitrogens with one attached hydrogen (secondary N) is 1. The first-order chi connectivity index (χ1) is 10.9. The van der Waals surface area contributed by atoms with Crippen molar-refractivity contribution in [2.75, 3.05) is 24.5 Å². The quantitative estimate of drug-likeness (QED) is 0.895. The molecule has 1 atom stereocenters. The van der Waals surface area contributed by atoms with Crippen molar-refractivity contribution < 1.29 is 14.6 Å². The summed E-state index contributed by atoms with van der Waals surface area (Å²) in [4.78, 5) is 14.1. The molecule has 1 aromatic rings. The fraction of sp³-hybridized carbons (Fsp3) is 0.611. The molecule has 1 unspecified atom stereocenters. The van der Waals surface area contributed by atoms with Gasteiger partial charge in [0.2, 0.25) is 0 Å². The molecule has 5 nitrogen and oxygen atoms in total. The second-order valence-electron chi connectivity index (χ2n) is 7.16. The number of carbonyl (C=O) groups is 1. The molecule has 1 aromatic carbocycles. The highest BCUT2D eigenvalue weighted by Crippen LogP contribution is 2.23. The van der Waals surface area contributed by atoms with Crippen LogP contribution in [0.4, 0.5) is 10.5 Å². The molecular formula is C18H28N2O3. The van der Waals surface area contributed by atoms with Gasteiger partial charge in [0.25, 0.3) is 0 Å². The van der Waals surface area contributed by atoms with Crippen molar-refractivity contribution in [3.8, 4) is 0 Å². The minimum Gasteiger partial charge on any atom is -0.444 e. The Bertz CT molecular complexity index is 508.